The second kappa shape index (κ2) is 6.83. The number of carbonyl (C=O) groups is 1. The van der Waals surface area contributed by atoms with Gasteiger partial charge in [-0.05, 0) is 19.9 Å². The van der Waals surface area contributed by atoms with Gasteiger partial charge >= 0.3 is 5.69 Å². The van der Waals surface area contributed by atoms with Crippen LogP contribution in [-0.4, -0.2) is 48.1 Å². The SMILES string of the molecule is COCCn1c(-n2nc(C)cc2C)nc2c1c(=O)n(CC(N)=O)c(=O)n2C. The van der Waals surface area contributed by atoms with E-state index < -0.39 is 23.7 Å². The first-order valence-electron chi connectivity index (χ1n) is 8.27. The summed E-state index contributed by atoms with van der Waals surface area (Å²) in [6.45, 7) is 3.83. The highest BCUT2D eigenvalue weighted by molar-refractivity contribution is 5.75. The van der Waals surface area contributed by atoms with Crippen molar-refractivity contribution in [3.63, 3.8) is 0 Å². The van der Waals surface area contributed by atoms with E-state index in [1.165, 1.54) is 11.6 Å². The molecule has 0 atom stereocenters. The number of rotatable bonds is 6. The number of fused-ring (bicyclic) bond motifs is 1. The molecular weight excluding hydrogens is 354 g/mol. The van der Waals surface area contributed by atoms with Crippen LogP contribution < -0.4 is 17.0 Å². The average Bonchev–Trinajstić information content (AvgIpc) is 3.14. The predicted octanol–water partition coefficient (Wildman–Crippen LogP) is -1.17. The van der Waals surface area contributed by atoms with Crippen molar-refractivity contribution in [3.8, 4) is 5.95 Å². The maximum Gasteiger partial charge on any atom is 0.332 e. The average molecular weight is 375 g/mol. The van der Waals surface area contributed by atoms with Gasteiger partial charge in [0.15, 0.2) is 11.2 Å². The summed E-state index contributed by atoms with van der Waals surface area (Å²) < 4.78 is 10.4. The molecular formula is C16H21N7O4. The largest absolute Gasteiger partial charge is 0.383 e. The molecule has 11 heteroatoms. The minimum atomic E-state index is -0.782. The lowest BCUT2D eigenvalue weighted by Crippen LogP contribution is -2.42. The van der Waals surface area contributed by atoms with Crippen LogP contribution in [0.5, 0.6) is 0 Å². The van der Waals surface area contributed by atoms with Crippen LogP contribution in [0, 0.1) is 13.8 Å². The van der Waals surface area contributed by atoms with E-state index in [0.29, 0.717) is 19.1 Å². The van der Waals surface area contributed by atoms with Gasteiger partial charge < -0.3 is 15.0 Å². The Kier molecular flexibility index (Phi) is 4.70. The van der Waals surface area contributed by atoms with Crippen LogP contribution in [0.2, 0.25) is 0 Å². The van der Waals surface area contributed by atoms with Gasteiger partial charge in [-0.25, -0.2) is 14.0 Å². The molecule has 0 saturated heterocycles. The third-order valence-corrected chi connectivity index (χ3v) is 4.24. The van der Waals surface area contributed by atoms with Crippen molar-refractivity contribution < 1.29 is 9.53 Å². The summed E-state index contributed by atoms with van der Waals surface area (Å²) in [5, 5.41) is 4.42. The smallest absolute Gasteiger partial charge is 0.332 e. The molecule has 1 amide bonds. The zero-order valence-electron chi connectivity index (χ0n) is 15.6. The zero-order valence-corrected chi connectivity index (χ0v) is 15.6. The van der Waals surface area contributed by atoms with Gasteiger partial charge in [-0.2, -0.15) is 10.1 Å². The summed E-state index contributed by atoms with van der Waals surface area (Å²) >= 11 is 0. The van der Waals surface area contributed by atoms with Crippen molar-refractivity contribution in [2.75, 3.05) is 13.7 Å². The molecule has 3 rings (SSSR count). The number of primary amides is 1. The molecule has 2 N–H and O–H groups in total. The molecule has 11 nitrogen and oxygen atoms in total. The number of hydrogen-bond donors (Lipinski definition) is 1. The number of carbonyl (C=O) groups excluding carboxylic acids is 1. The van der Waals surface area contributed by atoms with Gasteiger partial charge in [0.1, 0.15) is 6.54 Å². The number of methoxy groups -OCH3 is 1. The van der Waals surface area contributed by atoms with E-state index >= 15 is 0 Å². The first-order valence-corrected chi connectivity index (χ1v) is 8.27. The van der Waals surface area contributed by atoms with E-state index in [-0.39, 0.29) is 11.2 Å². The van der Waals surface area contributed by atoms with E-state index in [2.05, 4.69) is 10.1 Å². The van der Waals surface area contributed by atoms with Crippen LogP contribution in [0.15, 0.2) is 15.7 Å². The molecule has 0 aliphatic heterocycles. The number of aromatic nitrogens is 6. The Morgan fingerprint density at radius 2 is 1.96 bits per heavy atom. The van der Waals surface area contributed by atoms with Gasteiger partial charge in [0.25, 0.3) is 5.56 Å². The number of nitrogens with zero attached hydrogens (tertiary/aromatic N) is 6. The molecule has 0 unspecified atom stereocenters. The Hall–Kier alpha value is -3.21. The maximum atomic E-state index is 13.0. The lowest BCUT2D eigenvalue weighted by molar-refractivity contribution is -0.118. The summed E-state index contributed by atoms with van der Waals surface area (Å²) in [6.07, 6.45) is 0. The van der Waals surface area contributed by atoms with Gasteiger partial charge in [0, 0.05) is 26.4 Å². The van der Waals surface area contributed by atoms with E-state index in [1.54, 1.807) is 16.4 Å². The van der Waals surface area contributed by atoms with Gasteiger partial charge in [0.05, 0.1) is 12.3 Å². The Labute approximate surface area is 153 Å². The molecule has 0 fully saturated rings. The Morgan fingerprint density at radius 1 is 1.26 bits per heavy atom. The topological polar surface area (TPSA) is 132 Å². The second-order valence-corrected chi connectivity index (χ2v) is 6.27. The van der Waals surface area contributed by atoms with Crippen molar-refractivity contribution in [1.29, 1.82) is 0 Å². The second-order valence-electron chi connectivity index (χ2n) is 6.27. The van der Waals surface area contributed by atoms with Crippen molar-refractivity contribution >= 4 is 17.1 Å². The number of imidazole rings is 1. The summed E-state index contributed by atoms with van der Waals surface area (Å²) in [5.74, 6) is -0.396. The van der Waals surface area contributed by atoms with E-state index in [1.807, 2.05) is 19.9 Å². The van der Waals surface area contributed by atoms with Crippen molar-refractivity contribution in [2.45, 2.75) is 26.9 Å². The molecule has 3 aromatic heterocycles. The Balaban J connectivity index is 2.41. The third-order valence-electron chi connectivity index (χ3n) is 4.24. The lowest BCUT2D eigenvalue weighted by Gasteiger charge is -2.10. The highest BCUT2D eigenvalue weighted by atomic mass is 16.5. The lowest BCUT2D eigenvalue weighted by atomic mass is 10.4. The monoisotopic (exact) mass is 375 g/mol. The van der Waals surface area contributed by atoms with Crippen molar-refractivity contribution in [1.82, 2.24) is 28.5 Å². The normalized spacial score (nSPS) is 11.4. The van der Waals surface area contributed by atoms with E-state index in [9.17, 15) is 14.4 Å². The number of nitrogens with two attached hydrogens (primary N) is 1. The third kappa shape index (κ3) is 3.05. The minimum Gasteiger partial charge on any atom is -0.383 e. The van der Waals surface area contributed by atoms with Crippen LogP contribution in [0.25, 0.3) is 17.1 Å². The first-order chi connectivity index (χ1) is 12.8. The van der Waals surface area contributed by atoms with Crippen LogP contribution in [0.4, 0.5) is 0 Å². The van der Waals surface area contributed by atoms with Crippen molar-refractivity contribution in [3.05, 3.63) is 38.3 Å². The Bertz CT molecular complexity index is 1150. The van der Waals surface area contributed by atoms with E-state index in [0.717, 1.165) is 16.0 Å². The first kappa shape index (κ1) is 18.6. The van der Waals surface area contributed by atoms with Gasteiger partial charge in [-0.3, -0.25) is 14.2 Å². The molecule has 3 heterocycles. The molecule has 0 aliphatic rings. The molecule has 0 aromatic carbocycles. The molecule has 0 bridgehead atoms. The van der Waals surface area contributed by atoms with Gasteiger partial charge in [-0.15, -0.1) is 0 Å². The number of hydrogen-bond acceptors (Lipinski definition) is 6. The van der Waals surface area contributed by atoms with Crippen molar-refractivity contribution in [2.24, 2.45) is 12.8 Å². The summed E-state index contributed by atoms with van der Waals surface area (Å²) in [7, 11) is 3.03. The fourth-order valence-electron chi connectivity index (χ4n) is 3.04. The summed E-state index contributed by atoms with van der Waals surface area (Å²) in [5.41, 5.74) is 5.88. The highest BCUT2D eigenvalue weighted by Crippen LogP contribution is 2.17. The number of aryl methyl sites for hydroxylation is 3. The molecule has 3 aromatic rings. The van der Waals surface area contributed by atoms with Crippen LogP contribution >= 0.6 is 0 Å². The maximum absolute atomic E-state index is 13.0. The predicted molar refractivity (Wildman–Crippen MR) is 96.9 cm³/mol. The molecule has 0 radical (unpaired) electrons. The standard InChI is InChI=1S/C16H21N7O4/c1-9-7-10(2)23(19-9)15-18-13-12(21(15)5-6-27-4)14(25)22(8-11(17)24)16(26)20(13)3/h7H,5-6,8H2,1-4H3,(H2,17,24). The van der Waals surface area contributed by atoms with Crippen LogP contribution in [-0.2, 0) is 29.7 Å². The van der Waals surface area contributed by atoms with Crippen LogP contribution in [0.3, 0.4) is 0 Å². The molecule has 0 saturated carbocycles. The minimum absolute atomic E-state index is 0.179. The quantitative estimate of drug-likeness (QED) is 0.577. The molecule has 0 aliphatic carbocycles. The molecule has 27 heavy (non-hydrogen) atoms. The fourth-order valence-corrected chi connectivity index (χ4v) is 3.04. The summed E-state index contributed by atoms with van der Waals surface area (Å²) in [6, 6.07) is 1.88. The molecule has 144 valence electrons. The van der Waals surface area contributed by atoms with Gasteiger partial charge in [-0.1, -0.05) is 0 Å². The Morgan fingerprint density at radius 3 is 2.52 bits per heavy atom. The number of amides is 1. The zero-order chi connectivity index (χ0) is 19.9. The van der Waals surface area contributed by atoms with E-state index in [4.69, 9.17) is 10.5 Å². The van der Waals surface area contributed by atoms with Gasteiger partial charge in [0.2, 0.25) is 11.9 Å². The number of ether oxygens (including phenoxy) is 1. The molecule has 0 spiro atoms. The highest BCUT2D eigenvalue weighted by Gasteiger charge is 2.22. The fraction of sp³-hybridized carbons (Fsp3) is 0.438. The summed E-state index contributed by atoms with van der Waals surface area (Å²) in [4.78, 5) is 41.3. The van der Waals surface area contributed by atoms with Crippen LogP contribution in [0.1, 0.15) is 11.4 Å².